The lowest BCUT2D eigenvalue weighted by Crippen LogP contribution is -2.26. The van der Waals surface area contributed by atoms with Crippen LogP contribution in [0.1, 0.15) is 39.3 Å². The van der Waals surface area contributed by atoms with Crippen molar-refractivity contribution in [2.24, 2.45) is 0 Å². The van der Waals surface area contributed by atoms with Crippen LogP contribution in [0.2, 0.25) is 4.34 Å². The monoisotopic (exact) mass is 334 g/mol. The highest BCUT2D eigenvalue weighted by Gasteiger charge is 2.15. The van der Waals surface area contributed by atoms with Crippen LogP contribution in [0.15, 0.2) is 30.3 Å². The average Bonchev–Trinajstić information content (AvgIpc) is 2.81. The number of nitrogens with one attached hydrogen (secondary N) is 2. The number of carbonyl (C=O) groups excluding carboxylic acids is 1. The van der Waals surface area contributed by atoms with Gasteiger partial charge >= 0.3 is 0 Å². The van der Waals surface area contributed by atoms with Crippen molar-refractivity contribution in [3.05, 3.63) is 56.2 Å². The Balaban J connectivity index is 1.73. The number of benzene rings is 1. The van der Waals surface area contributed by atoms with E-state index in [0.717, 1.165) is 40.7 Å². The largest absolute Gasteiger partial charge is 0.345 e. The van der Waals surface area contributed by atoms with Crippen molar-refractivity contribution in [1.82, 2.24) is 10.6 Å². The minimum absolute atomic E-state index is 0.0305. The van der Waals surface area contributed by atoms with Crippen molar-refractivity contribution >= 4 is 28.8 Å². The van der Waals surface area contributed by atoms with Crippen molar-refractivity contribution in [1.29, 1.82) is 0 Å². The Morgan fingerprint density at radius 2 is 2.00 bits per heavy atom. The number of hydrogen-bond acceptors (Lipinski definition) is 3. The minimum Gasteiger partial charge on any atom is -0.345 e. The average molecular weight is 335 g/mol. The Morgan fingerprint density at radius 3 is 2.73 bits per heavy atom. The first-order valence-corrected chi connectivity index (χ1v) is 8.71. The molecule has 1 atom stereocenters. The normalized spacial score (nSPS) is 15.7. The van der Waals surface area contributed by atoms with Crippen molar-refractivity contribution in [2.45, 2.75) is 25.8 Å². The van der Waals surface area contributed by atoms with Gasteiger partial charge in [0.15, 0.2) is 0 Å². The van der Waals surface area contributed by atoms with Crippen molar-refractivity contribution in [3.63, 3.8) is 0 Å². The molecule has 1 aromatic heterocycles. The number of carbonyl (C=O) groups is 1. The maximum absolute atomic E-state index is 12.5. The third kappa shape index (κ3) is 3.51. The summed E-state index contributed by atoms with van der Waals surface area (Å²) in [6, 6.07) is 9.83. The van der Waals surface area contributed by atoms with Crippen LogP contribution in [-0.4, -0.2) is 19.0 Å². The van der Waals surface area contributed by atoms with Gasteiger partial charge in [0.05, 0.1) is 10.4 Å². The summed E-state index contributed by atoms with van der Waals surface area (Å²) in [5.41, 5.74) is 3.36. The van der Waals surface area contributed by atoms with E-state index in [4.69, 9.17) is 11.6 Å². The first-order chi connectivity index (χ1) is 10.6. The molecule has 1 aromatic carbocycles. The molecule has 0 spiro atoms. The molecule has 1 aliphatic heterocycles. The van der Waals surface area contributed by atoms with Gasteiger partial charge < -0.3 is 10.6 Å². The van der Waals surface area contributed by atoms with E-state index < -0.39 is 0 Å². The second kappa shape index (κ2) is 6.82. The van der Waals surface area contributed by atoms with E-state index in [1.165, 1.54) is 22.5 Å². The van der Waals surface area contributed by atoms with Gasteiger partial charge in [-0.2, -0.15) is 0 Å². The summed E-state index contributed by atoms with van der Waals surface area (Å²) in [5.74, 6) is -0.0305. The molecule has 5 heteroatoms. The fourth-order valence-electron chi connectivity index (χ4n) is 2.73. The maximum atomic E-state index is 12.5. The molecule has 22 heavy (non-hydrogen) atoms. The molecule has 0 radical (unpaired) electrons. The highest BCUT2D eigenvalue weighted by Crippen LogP contribution is 2.27. The molecule has 0 saturated carbocycles. The number of thiophene rings is 1. The fraction of sp³-hybridized carbons (Fsp3) is 0.353. The SMILES string of the molecule is C[C@@H](NC(=O)c1ccc2c(c1)CCNCC2)c1ccc(Cl)s1. The van der Waals surface area contributed by atoms with Crippen LogP contribution in [0, 0.1) is 0 Å². The van der Waals surface area contributed by atoms with Crippen LogP contribution < -0.4 is 10.6 Å². The van der Waals surface area contributed by atoms with E-state index in [9.17, 15) is 4.79 Å². The lowest BCUT2D eigenvalue weighted by molar-refractivity contribution is 0.0940. The highest BCUT2D eigenvalue weighted by molar-refractivity contribution is 7.16. The molecule has 2 heterocycles. The number of rotatable bonds is 3. The zero-order valence-electron chi connectivity index (χ0n) is 12.5. The summed E-state index contributed by atoms with van der Waals surface area (Å²) in [6.45, 7) is 3.96. The lowest BCUT2D eigenvalue weighted by Gasteiger charge is -2.13. The fourth-order valence-corrected chi connectivity index (χ4v) is 3.79. The third-order valence-electron chi connectivity index (χ3n) is 3.98. The van der Waals surface area contributed by atoms with Gasteiger partial charge in [0.25, 0.3) is 5.91 Å². The smallest absolute Gasteiger partial charge is 0.251 e. The molecule has 2 aromatic rings. The van der Waals surface area contributed by atoms with E-state index in [0.29, 0.717) is 0 Å². The van der Waals surface area contributed by atoms with Crippen LogP contribution in [0.5, 0.6) is 0 Å². The summed E-state index contributed by atoms with van der Waals surface area (Å²) >= 11 is 7.45. The van der Waals surface area contributed by atoms with Crippen LogP contribution in [0.25, 0.3) is 0 Å². The van der Waals surface area contributed by atoms with Gasteiger partial charge in [-0.25, -0.2) is 0 Å². The Kier molecular flexibility index (Phi) is 4.81. The zero-order chi connectivity index (χ0) is 15.5. The van der Waals surface area contributed by atoms with Crippen LogP contribution in [0.3, 0.4) is 0 Å². The van der Waals surface area contributed by atoms with Crippen molar-refractivity contribution in [2.75, 3.05) is 13.1 Å². The topological polar surface area (TPSA) is 41.1 Å². The Hall–Kier alpha value is -1.36. The number of hydrogen-bond donors (Lipinski definition) is 2. The molecule has 116 valence electrons. The van der Waals surface area contributed by atoms with Gasteiger partial charge in [-0.3, -0.25) is 4.79 Å². The van der Waals surface area contributed by atoms with Crippen molar-refractivity contribution in [3.8, 4) is 0 Å². The summed E-state index contributed by atoms with van der Waals surface area (Å²) < 4.78 is 0.744. The van der Waals surface area contributed by atoms with Gasteiger partial charge in [-0.15, -0.1) is 11.3 Å². The van der Waals surface area contributed by atoms with Gasteiger partial charge in [0.2, 0.25) is 0 Å². The first kappa shape index (κ1) is 15.5. The number of halogens is 1. The molecule has 0 fully saturated rings. The first-order valence-electron chi connectivity index (χ1n) is 7.52. The van der Waals surface area contributed by atoms with Crippen LogP contribution >= 0.6 is 22.9 Å². The van der Waals surface area contributed by atoms with Gasteiger partial charge in [-0.05, 0) is 68.2 Å². The molecule has 1 aliphatic rings. The third-order valence-corrected chi connectivity index (χ3v) is 5.39. The molecule has 3 rings (SSSR count). The minimum atomic E-state index is -0.0366. The summed E-state index contributed by atoms with van der Waals surface area (Å²) in [6.07, 6.45) is 2.01. The molecule has 0 unspecified atom stereocenters. The number of fused-ring (bicyclic) bond motifs is 1. The van der Waals surface area contributed by atoms with E-state index in [2.05, 4.69) is 16.7 Å². The quantitative estimate of drug-likeness (QED) is 0.900. The van der Waals surface area contributed by atoms with E-state index >= 15 is 0 Å². The second-order valence-corrected chi connectivity index (χ2v) is 7.32. The van der Waals surface area contributed by atoms with E-state index in [1.54, 1.807) is 0 Å². The van der Waals surface area contributed by atoms with E-state index in [1.807, 2.05) is 31.2 Å². The molecule has 2 N–H and O–H groups in total. The standard InChI is InChI=1S/C17H19ClN2OS/c1-11(15-4-5-16(18)22-15)20-17(21)14-3-2-12-6-8-19-9-7-13(12)10-14/h2-5,10-11,19H,6-9H2,1H3,(H,20,21)/t11-/m1/s1. The van der Waals surface area contributed by atoms with Crippen molar-refractivity contribution < 1.29 is 4.79 Å². The van der Waals surface area contributed by atoms with Gasteiger partial charge in [0, 0.05) is 10.4 Å². The molecule has 0 saturated heterocycles. The molecule has 1 amide bonds. The Morgan fingerprint density at radius 1 is 1.23 bits per heavy atom. The van der Waals surface area contributed by atoms with E-state index in [-0.39, 0.29) is 11.9 Å². The lowest BCUT2D eigenvalue weighted by atomic mass is 9.99. The molecule has 0 aliphatic carbocycles. The summed E-state index contributed by atoms with van der Waals surface area (Å²) in [7, 11) is 0. The predicted octanol–water partition coefficient (Wildman–Crippen LogP) is 3.58. The predicted molar refractivity (Wildman–Crippen MR) is 91.9 cm³/mol. The highest BCUT2D eigenvalue weighted by atomic mass is 35.5. The molecular weight excluding hydrogens is 316 g/mol. The second-order valence-electron chi connectivity index (χ2n) is 5.57. The number of amides is 1. The molecule has 3 nitrogen and oxygen atoms in total. The Bertz CT molecular complexity index is 683. The maximum Gasteiger partial charge on any atom is 0.251 e. The van der Waals surface area contributed by atoms with Gasteiger partial charge in [-0.1, -0.05) is 17.7 Å². The molecular formula is C17H19ClN2OS. The zero-order valence-corrected chi connectivity index (χ0v) is 14.1. The Labute approximate surface area is 139 Å². The summed E-state index contributed by atoms with van der Waals surface area (Å²) in [4.78, 5) is 13.5. The van der Waals surface area contributed by atoms with Gasteiger partial charge in [0.1, 0.15) is 0 Å². The van der Waals surface area contributed by atoms with Crippen LogP contribution in [-0.2, 0) is 12.8 Å². The summed E-state index contributed by atoms with van der Waals surface area (Å²) in [5, 5.41) is 6.43. The van der Waals surface area contributed by atoms with Crippen LogP contribution in [0.4, 0.5) is 0 Å². The molecule has 0 bridgehead atoms.